The number of hydrogen-bond acceptors (Lipinski definition) is 2. The van der Waals surface area contributed by atoms with E-state index in [1.54, 1.807) is 31.2 Å². The van der Waals surface area contributed by atoms with Gasteiger partial charge in [-0.2, -0.15) is 13.2 Å². The fourth-order valence-electron chi connectivity index (χ4n) is 3.26. The first-order valence-corrected chi connectivity index (χ1v) is 9.89. The Morgan fingerprint density at radius 2 is 1.67 bits per heavy atom. The van der Waals surface area contributed by atoms with Crippen LogP contribution in [0.5, 0.6) is 5.75 Å². The number of rotatable bonds is 7. The molecule has 1 N–H and O–H groups in total. The number of ether oxygens (including phenoxy) is 1. The fraction of sp³-hybridized carbons (Fsp3) is 0.192. The number of alkyl halides is 3. The summed E-state index contributed by atoms with van der Waals surface area (Å²) in [5, 5.41) is 9.05. The molecule has 0 spiro atoms. The molecule has 0 unspecified atom stereocenters. The Hall–Kier alpha value is -2.72. The van der Waals surface area contributed by atoms with Gasteiger partial charge in [0.25, 0.3) is 0 Å². The van der Waals surface area contributed by atoms with Crippen molar-refractivity contribution in [3.63, 3.8) is 0 Å². The van der Waals surface area contributed by atoms with Crippen molar-refractivity contribution in [1.29, 1.82) is 0 Å². The molecule has 3 aromatic carbocycles. The average molecular weight is 462 g/mol. The monoisotopic (exact) mass is 462 g/mol. The normalized spacial score (nSPS) is 11.5. The first kappa shape index (κ1) is 26.5. The zero-order valence-corrected chi connectivity index (χ0v) is 17.3. The number of carboxylic acids is 1. The van der Waals surface area contributed by atoms with E-state index in [0.717, 1.165) is 28.8 Å². The topological polar surface area (TPSA) is 46.5 Å². The van der Waals surface area contributed by atoms with Crippen molar-refractivity contribution in [1.82, 2.24) is 0 Å². The van der Waals surface area contributed by atoms with Crippen LogP contribution in [0.3, 0.4) is 0 Å². The summed E-state index contributed by atoms with van der Waals surface area (Å²) in [5.41, 5.74) is 2.47. The summed E-state index contributed by atoms with van der Waals surface area (Å²) >= 11 is 0. The van der Waals surface area contributed by atoms with Gasteiger partial charge in [-0.3, -0.25) is 4.79 Å². The average Bonchev–Trinajstić information content (AvgIpc) is 2.77. The minimum absolute atomic E-state index is 0. The molecule has 3 nitrogen and oxygen atoms in total. The summed E-state index contributed by atoms with van der Waals surface area (Å²) in [6, 6.07) is 19.6. The first-order chi connectivity index (χ1) is 15.3. The first-order valence-electron chi connectivity index (χ1n) is 9.89. The van der Waals surface area contributed by atoms with Crippen LogP contribution in [0.1, 0.15) is 36.0 Å². The Morgan fingerprint density at radius 1 is 1.00 bits per heavy atom. The SMILES string of the molecule is CC#C[C@@H](CC(=O)O)c1ccc(OCc2cccc(-c3ccc(C(F)(F)F)cc3)c2)cc1.[NaH]. The molecule has 7 heteroatoms. The van der Waals surface area contributed by atoms with Gasteiger partial charge in [-0.05, 0) is 59.5 Å². The molecule has 0 amide bonds. The molecule has 0 heterocycles. The summed E-state index contributed by atoms with van der Waals surface area (Å²) in [4.78, 5) is 11.0. The van der Waals surface area contributed by atoms with E-state index in [4.69, 9.17) is 9.84 Å². The summed E-state index contributed by atoms with van der Waals surface area (Å²) in [5.74, 6) is 4.99. The summed E-state index contributed by atoms with van der Waals surface area (Å²) in [7, 11) is 0. The number of carbonyl (C=O) groups is 1. The molecule has 0 bridgehead atoms. The molecule has 3 aromatic rings. The van der Waals surface area contributed by atoms with E-state index in [9.17, 15) is 18.0 Å². The van der Waals surface area contributed by atoms with Crippen LogP contribution < -0.4 is 4.74 Å². The van der Waals surface area contributed by atoms with E-state index < -0.39 is 17.7 Å². The van der Waals surface area contributed by atoms with E-state index in [1.165, 1.54) is 12.1 Å². The Kier molecular flexibility index (Phi) is 9.60. The van der Waals surface area contributed by atoms with Crippen LogP contribution in [0, 0.1) is 11.8 Å². The molecule has 0 radical (unpaired) electrons. The van der Waals surface area contributed by atoms with Gasteiger partial charge in [0.05, 0.1) is 17.9 Å². The molecule has 0 aromatic heterocycles. The van der Waals surface area contributed by atoms with E-state index >= 15 is 0 Å². The van der Waals surface area contributed by atoms with E-state index in [1.807, 2.05) is 24.3 Å². The Balaban J connectivity index is 0.00000385. The Morgan fingerprint density at radius 3 is 2.24 bits per heavy atom. The molecular weight excluding hydrogens is 440 g/mol. The van der Waals surface area contributed by atoms with Crippen LogP contribution in [0.4, 0.5) is 13.2 Å². The predicted molar refractivity (Wildman–Crippen MR) is 123 cm³/mol. The van der Waals surface area contributed by atoms with Gasteiger partial charge in [-0.15, -0.1) is 5.92 Å². The van der Waals surface area contributed by atoms with Gasteiger partial charge < -0.3 is 9.84 Å². The number of benzene rings is 3. The standard InChI is InChI=1S/C26H21F3O3.Na.H/c1-2-4-21(16-25(30)31)20-9-13-24(14-10-20)32-17-18-5-3-6-22(15-18)19-7-11-23(12-8-19)26(27,28)29;;/h3,5-15,21H,16-17H2,1H3,(H,30,31);;/t21-;;/m0../s1. The zero-order valence-electron chi connectivity index (χ0n) is 17.3. The molecule has 1 atom stereocenters. The van der Waals surface area contributed by atoms with Crippen molar-refractivity contribution in [2.24, 2.45) is 0 Å². The van der Waals surface area contributed by atoms with Crippen LogP contribution >= 0.6 is 0 Å². The number of carboxylic acid groups (broad SMARTS) is 1. The van der Waals surface area contributed by atoms with Gasteiger partial charge in [0.2, 0.25) is 0 Å². The third-order valence-electron chi connectivity index (χ3n) is 4.86. The molecule has 0 fully saturated rings. The van der Waals surface area contributed by atoms with Gasteiger partial charge >= 0.3 is 41.7 Å². The maximum atomic E-state index is 12.8. The van der Waals surface area contributed by atoms with Gasteiger partial charge in [-0.25, -0.2) is 0 Å². The number of halogens is 3. The number of hydrogen-bond donors (Lipinski definition) is 1. The predicted octanol–water partition coefficient (Wildman–Crippen LogP) is 5.88. The van der Waals surface area contributed by atoms with Crippen LogP contribution in [-0.4, -0.2) is 40.6 Å². The van der Waals surface area contributed by atoms with Crippen LogP contribution in [0.2, 0.25) is 0 Å². The molecule has 0 aliphatic carbocycles. The second kappa shape index (κ2) is 11.9. The van der Waals surface area contributed by atoms with Crippen molar-refractivity contribution >= 4 is 35.5 Å². The molecule has 0 aliphatic heterocycles. The summed E-state index contributed by atoms with van der Waals surface area (Å²) in [6.45, 7) is 1.95. The second-order valence-corrected chi connectivity index (χ2v) is 7.18. The molecule has 0 saturated heterocycles. The Bertz CT molecular complexity index is 1130. The third-order valence-corrected chi connectivity index (χ3v) is 4.86. The zero-order chi connectivity index (χ0) is 23.1. The van der Waals surface area contributed by atoms with Crippen LogP contribution in [-0.2, 0) is 17.6 Å². The van der Waals surface area contributed by atoms with Gasteiger partial charge in [0.1, 0.15) is 12.4 Å². The van der Waals surface area contributed by atoms with Crippen LogP contribution in [0.25, 0.3) is 11.1 Å². The molecular formula is C26H22F3NaO3. The molecule has 0 aliphatic rings. The van der Waals surface area contributed by atoms with Crippen molar-refractivity contribution in [3.05, 3.63) is 89.5 Å². The van der Waals surface area contributed by atoms with Gasteiger partial charge in [0.15, 0.2) is 0 Å². The summed E-state index contributed by atoms with van der Waals surface area (Å²) < 4.78 is 44.1. The third kappa shape index (κ3) is 7.68. The number of aliphatic carboxylic acids is 1. The molecule has 33 heavy (non-hydrogen) atoms. The van der Waals surface area contributed by atoms with Crippen molar-refractivity contribution in [2.45, 2.75) is 32.0 Å². The minimum atomic E-state index is -4.36. The van der Waals surface area contributed by atoms with Gasteiger partial charge in [0, 0.05) is 0 Å². The van der Waals surface area contributed by atoms with Crippen LogP contribution in [0.15, 0.2) is 72.8 Å². The van der Waals surface area contributed by atoms with Crippen molar-refractivity contribution in [2.75, 3.05) is 0 Å². The van der Waals surface area contributed by atoms with Gasteiger partial charge in [-0.1, -0.05) is 48.4 Å². The Labute approximate surface area is 212 Å². The summed E-state index contributed by atoms with van der Waals surface area (Å²) in [6.07, 6.45) is -4.43. The van der Waals surface area contributed by atoms with E-state index in [2.05, 4.69) is 11.8 Å². The van der Waals surface area contributed by atoms with E-state index in [0.29, 0.717) is 11.3 Å². The molecule has 166 valence electrons. The van der Waals surface area contributed by atoms with Crippen molar-refractivity contribution < 1.29 is 27.8 Å². The quantitative estimate of drug-likeness (QED) is 0.352. The van der Waals surface area contributed by atoms with E-state index in [-0.39, 0.29) is 48.5 Å². The molecule has 3 rings (SSSR count). The fourth-order valence-corrected chi connectivity index (χ4v) is 3.26. The van der Waals surface area contributed by atoms with Crippen molar-refractivity contribution in [3.8, 4) is 28.7 Å². The second-order valence-electron chi connectivity index (χ2n) is 7.18. The molecule has 0 saturated carbocycles. The maximum absolute atomic E-state index is 12.8.